The average Bonchev–Trinajstić information content (AvgIpc) is 3.13. The lowest BCUT2D eigenvalue weighted by Crippen LogP contribution is -2.59. The number of carbonyl (C=O) groups is 2. The lowest BCUT2D eigenvalue weighted by molar-refractivity contribution is -0.305. The van der Waals surface area contributed by atoms with Crippen LogP contribution in [0.1, 0.15) is 194 Å². The first kappa shape index (κ1) is 47.7. The van der Waals surface area contributed by atoms with Gasteiger partial charge in [-0.3, -0.25) is 9.59 Å². The largest absolute Gasteiger partial charge is 0.462 e. The normalized spacial score (nSPS) is 21.1. The van der Waals surface area contributed by atoms with Crippen molar-refractivity contribution in [1.29, 1.82) is 0 Å². The van der Waals surface area contributed by atoms with Crippen molar-refractivity contribution in [2.45, 2.75) is 230 Å². The third-order valence-corrected chi connectivity index (χ3v) is 9.99. The number of hydrogen-bond acceptors (Lipinski definition) is 10. The van der Waals surface area contributed by atoms with Gasteiger partial charge in [0.25, 0.3) is 0 Å². The minimum Gasteiger partial charge on any atom is -0.462 e. The van der Waals surface area contributed by atoms with E-state index >= 15 is 0 Å². The second-order valence-electron chi connectivity index (χ2n) is 14.8. The smallest absolute Gasteiger partial charge is 0.306 e. The molecule has 1 aliphatic rings. The number of hydrogen-bond donors (Lipinski definition) is 4. The Morgan fingerprint density at radius 1 is 0.529 bits per heavy atom. The van der Waals surface area contributed by atoms with Gasteiger partial charge in [0.15, 0.2) is 12.4 Å². The Bertz CT molecular complexity index is 809. The molecule has 1 aliphatic heterocycles. The van der Waals surface area contributed by atoms with E-state index in [2.05, 4.69) is 13.8 Å². The van der Waals surface area contributed by atoms with E-state index < -0.39 is 49.4 Å². The zero-order valence-electron chi connectivity index (χ0n) is 32.6. The molecule has 302 valence electrons. The number of esters is 2. The van der Waals surface area contributed by atoms with Crippen LogP contribution in [0.5, 0.6) is 0 Å². The molecule has 0 aliphatic carbocycles. The van der Waals surface area contributed by atoms with Crippen LogP contribution in [0.15, 0.2) is 0 Å². The van der Waals surface area contributed by atoms with E-state index in [9.17, 15) is 30.0 Å². The maximum Gasteiger partial charge on any atom is 0.306 e. The first-order valence-corrected chi connectivity index (χ1v) is 21.1. The van der Waals surface area contributed by atoms with Crippen LogP contribution < -0.4 is 0 Å². The molecule has 51 heavy (non-hydrogen) atoms. The summed E-state index contributed by atoms with van der Waals surface area (Å²) in [5.41, 5.74) is 0. The van der Waals surface area contributed by atoms with E-state index in [-0.39, 0.29) is 32.0 Å². The maximum atomic E-state index is 12.7. The van der Waals surface area contributed by atoms with Gasteiger partial charge in [-0.2, -0.15) is 0 Å². The second-order valence-corrected chi connectivity index (χ2v) is 14.8. The fraction of sp³-hybridized carbons (Fsp3) is 0.951. The van der Waals surface area contributed by atoms with Crippen molar-refractivity contribution in [3.63, 3.8) is 0 Å². The monoisotopic (exact) mass is 731 g/mol. The van der Waals surface area contributed by atoms with Gasteiger partial charge in [0.1, 0.15) is 31.0 Å². The van der Waals surface area contributed by atoms with Crippen LogP contribution in [-0.4, -0.2) is 89.0 Å². The van der Waals surface area contributed by atoms with E-state index in [4.69, 9.17) is 18.9 Å². The topological polar surface area (TPSA) is 152 Å². The van der Waals surface area contributed by atoms with Crippen molar-refractivity contribution in [2.24, 2.45) is 0 Å². The fourth-order valence-electron chi connectivity index (χ4n) is 6.60. The molecule has 1 saturated heterocycles. The Labute approximate surface area is 310 Å². The summed E-state index contributed by atoms with van der Waals surface area (Å²) in [7, 11) is 0. The number of aliphatic hydroxyl groups excluding tert-OH is 4. The van der Waals surface area contributed by atoms with Gasteiger partial charge in [-0.05, 0) is 12.8 Å². The molecular weight excluding hydrogens is 652 g/mol. The molecule has 1 rings (SSSR count). The van der Waals surface area contributed by atoms with E-state index in [0.29, 0.717) is 6.42 Å². The Morgan fingerprint density at radius 2 is 0.922 bits per heavy atom. The number of ether oxygens (including phenoxy) is 4. The van der Waals surface area contributed by atoms with Crippen molar-refractivity contribution in [1.82, 2.24) is 0 Å². The summed E-state index contributed by atoms with van der Waals surface area (Å²) in [5, 5.41) is 39.9. The zero-order chi connectivity index (χ0) is 37.4. The number of unbranched alkanes of at least 4 members (excludes halogenated alkanes) is 24. The van der Waals surface area contributed by atoms with Gasteiger partial charge < -0.3 is 39.4 Å². The molecule has 10 heteroatoms. The van der Waals surface area contributed by atoms with Crippen molar-refractivity contribution in [2.75, 3.05) is 19.8 Å². The van der Waals surface area contributed by atoms with Crippen LogP contribution in [0.25, 0.3) is 0 Å². The number of carbonyl (C=O) groups excluding carboxylic acids is 2. The number of aliphatic hydroxyl groups is 4. The summed E-state index contributed by atoms with van der Waals surface area (Å²) in [6.07, 6.45) is 24.2. The third kappa shape index (κ3) is 25.4. The highest BCUT2D eigenvalue weighted by molar-refractivity contribution is 5.70. The number of rotatable bonds is 35. The van der Waals surface area contributed by atoms with Crippen molar-refractivity contribution >= 4 is 11.9 Å². The molecule has 4 N–H and O–H groups in total. The highest BCUT2D eigenvalue weighted by Gasteiger charge is 2.44. The lowest BCUT2D eigenvalue weighted by atomic mass is 9.99. The fourth-order valence-corrected chi connectivity index (χ4v) is 6.60. The Balaban J connectivity index is 2.26. The van der Waals surface area contributed by atoms with E-state index in [0.717, 1.165) is 44.9 Å². The van der Waals surface area contributed by atoms with Crippen LogP contribution in [0.2, 0.25) is 0 Å². The van der Waals surface area contributed by atoms with Crippen LogP contribution in [0, 0.1) is 0 Å². The van der Waals surface area contributed by atoms with Gasteiger partial charge in [-0.15, -0.1) is 0 Å². The highest BCUT2D eigenvalue weighted by Crippen LogP contribution is 2.23. The summed E-state index contributed by atoms with van der Waals surface area (Å²) in [6.45, 7) is 3.39. The van der Waals surface area contributed by atoms with Crippen LogP contribution >= 0.6 is 0 Å². The van der Waals surface area contributed by atoms with E-state index in [1.165, 1.54) is 116 Å². The lowest BCUT2D eigenvalue weighted by Gasteiger charge is -2.39. The summed E-state index contributed by atoms with van der Waals surface area (Å²) in [6, 6.07) is 0. The molecule has 10 nitrogen and oxygen atoms in total. The van der Waals surface area contributed by atoms with Crippen LogP contribution in [-0.2, 0) is 28.5 Å². The summed E-state index contributed by atoms with van der Waals surface area (Å²) >= 11 is 0. The molecule has 1 heterocycles. The first-order chi connectivity index (χ1) is 24.8. The second kappa shape index (κ2) is 33.3. The van der Waals surface area contributed by atoms with Crippen molar-refractivity contribution in [3.8, 4) is 0 Å². The predicted molar refractivity (Wildman–Crippen MR) is 201 cm³/mol. The highest BCUT2D eigenvalue weighted by atomic mass is 16.7. The average molecular weight is 731 g/mol. The van der Waals surface area contributed by atoms with E-state index in [1.807, 2.05) is 0 Å². The molecular formula is C41H78O10. The zero-order valence-corrected chi connectivity index (χ0v) is 32.6. The third-order valence-electron chi connectivity index (χ3n) is 9.99. The molecule has 0 aromatic rings. The van der Waals surface area contributed by atoms with Crippen LogP contribution in [0.3, 0.4) is 0 Å². The summed E-state index contributed by atoms with van der Waals surface area (Å²) in [5.74, 6) is -0.802. The standard InChI is InChI=1S/C41H78O10/c1-3-5-7-9-11-12-13-14-15-16-17-18-19-20-21-22-24-26-28-30-37(44)50-34(32-48-36(43)29-27-25-23-10-8-6-4-2)33-49-41-40(47)39(46)38(45)35(31-42)51-41/h34-35,38-42,45-47H,3-33H2,1-2H3/t34-,35+,38-,39?,40?,41+/m1/s1. The molecule has 0 aromatic heterocycles. The molecule has 0 saturated carbocycles. The molecule has 0 amide bonds. The quantitative estimate of drug-likeness (QED) is 0.0371. The molecule has 2 unspecified atom stereocenters. The molecule has 0 spiro atoms. The Kier molecular flexibility index (Phi) is 31.1. The minimum atomic E-state index is -1.59. The van der Waals surface area contributed by atoms with Gasteiger partial charge in [0, 0.05) is 12.8 Å². The van der Waals surface area contributed by atoms with Gasteiger partial charge in [0.05, 0.1) is 13.2 Å². The summed E-state index contributed by atoms with van der Waals surface area (Å²) in [4.78, 5) is 25.1. The predicted octanol–water partition coefficient (Wildman–Crippen LogP) is 8.22. The maximum absolute atomic E-state index is 12.7. The van der Waals surface area contributed by atoms with Gasteiger partial charge in [-0.1, -0.05) is 168 Å². The molecule has 0 bridgehead atoms. The van der Waals surface area contributed by atoms with Gasteiger partial charge in [0.2, 0.25) is 0 Å². The summed E-state index contributed by atoms with van der Waals surface area (Å²) < 4.78 is 22.0. The van der Waals surface area contributed by atoms with Crippen molar-refractivity contribution in [3.05, 3.63) is 0 Å². The minimum absolute atomic E-state index is 0.211. The molecule has 0 radical (unpaired) electrons. The molecule has 0 aromatic carbocycles. The Hall–Kier alpha value is -1.30. The van der Waals surface area contributed by atoms with Gasteiger partial charge >= 0.3 is 11.9 Å². The Morgan fingerprint density at radius 3 is 1.33 bits per heavy atom. The molecule has 1 fully saturated rings. The SMILES string of the molecule is CCCCCCCCCCCCCCCCCCCCCC(=O)O[C@H](COC(=O)CCCCCCCCC)CO[C@H]1O[C@@H](CO)[C@@H](O)C(O)C1O. The molecule has 6 atom stereocenters. The van der Waals surface area contributed by atoms with Gasteiger partial charge in [-0.25, -0.2) is 0 Å². The van der Waals surface area contributed by atoms with E-state index in [1.54, 1.807) is 0 Å². The first-order valence-electron chi connectivity index (χ1n) is 21.1. The van der Waals surface area contributed by atoms with Crippen molar-refractivity contribution < 1.29 is 49.0 Å². The van der Waals surface area contributed by atoms with Crippen LogP contribution in [0.4, 0.5) is 0 Å².